The fourth-order valence-electron chi connectivity index (χ4n) is 4.71. The molecule has 4 heterocycles. The van der Waals surface area contributed by atoms with E-state index in [1.165, 1.54) is 30.8 Å². The molecular weight excluding hydrogens is 568 g/mol. The highest BCUT2D eigenvalue weighted by atomic mass is 32.2. The van der Waals surface area contributed by atoms with Gasteiger partial charge in [0.1, 0.15) is 0 Å². The van der Waals surface area contributed by atoms with E-state index >= 15 is 0 Å². The Morgan fingerprint density at radius 2 is 1.40 bits per heavy atom. The Morgan fingerprint density at radius 3 is 2.05 bits per heavy atom. The van der Waals surface area contributed by atoms with Crippen molar-refractivity contribution in [3.05, 3.63) is 115 Å². The summed E-state index contributed by atoms with van der Waals surface area (Å²) in [7, 11) is -3.65. The van der Waals surface area contributed by atoms with Crippen LogP contribution >= 0.6 is 0 Å². The number of carbonyl (C=O) groups excluding carboxylic acids is 2. The van der Waals surface area contributed by atoms with Crippen molar-refractivity contribution in [2.45, 2.75) is 9.79 Å². The lowest BCUT2D eigenvalue weighted by Crippen LogP contribution is -2.50. The number of benzene rings is 2. The molecule has 3 aromatic heterocycles. The molecule has 6 rings (SSSR count). The summed E-state index contributed by atoms with van der Waals surface area (Å²) in [6.45, 7) is 1.73. The summed E-state index contributed by atoms with van der Waals surface area (Å²) in [6.07, 6.45) is 5.97. The van der Waals surface area contributed by atoms with Gasteiger partial charge in [-0.2, -0.15) is 0 Å². The number of anilines is 2. The molecule has 1 fully saturated rings. The van der Waals surface area contributed by atoms with Gasteiger partial charge in [-0.1, -0.05) is 12.1 Å². The number of carbonyl (C=O) groups is 2. The van der Waals surface area contributed by atoms with Gasteiger partial charge in [0.05, 0.1) is 21.7 Å². The Bertz CT molecular complexity index is 1840. The van der Waals surface area contributed by atoms with Crippen molar-refractivity contribution in [2.24, 2.45) is 0 Å². The Labute approximate surface area is 247 Å². The first kappa shape index (κ1) is 27.8. The van der Waals surface area contributed by atoms with Crippen molar-refractivity contribution >= 4 is 33.3 Å². The van der Waals surface area contributed by atoms with Gasteiger partial charge in [-0.3, -0.25) is 14.6 Å². The molecule has 1 saturated heterocycles. The van der Waals surface area contributed by atoms with E-state index in [9.17, 15) is 18.0 Å². The molecule has 1 aliphatic heterocycles. The van der Waals surface area contributed by atoms with Crippen LogP contribution in [0.15, 0.2) is 118 Å². The Hall–Kier alpha value is -5.36. The normalized spacial score (nSPS) is 13.5. The van der Waals surface area contributed by atoms with Crippen LogP contribution in [-0.2, 0) is 9.84 Å². The van der Waals surface area contributed by atoms with E-state index in [0.29, 0.717) is 54.8 Å². The Morgan fingerprint density at radius 1 is 0.744 bits per heavy atom. The molecule has 2 aromatic carbocycles. The van der Waals surface area contributed by atoms with Gasteiger partial charge in [-0.25, -0.2) is 18.4 Å². The van der Waals surface area contributed by atoms with Crippen molar-refractivity contribution in [3.63, 3.8) is 0 Å². The number of nitrogens with zero attached hydrogens (tertiary/aromatic N) is 5. The number of hydrogen-bond donors (Lipinski definition) is 1. The monoisotopic (exact) mass is 594 g/mol. The zero-order valence-electron chi connectivity index (χ0n) is 22.8. The van der Waals surface area contributed by atoms with E-state index in [1.807, 2.05) is 0 Å². The lowest BCUT2D eigenvalue weighted by molar-refractivity contribution is 0.0518. The Kier molecular flexibility index (Phi) is 7.67. The van der Waals surface area contributed by atoms with Crippen LogP contribution in [0.4, 0.5) is 11.6 Å². The minimum Gasteiger partial charge on any atom is -0.459 e. The number of furan rings is 1. The van der Waals surface area contributed by atoms with Crippen molar-refractivity contribution in [2.75, 3.05) is 31.5 Å². The topological polar surface area (TPSA) is 139 Å². The first-order chi connectivity index (χ1) is 20.9. The van der Waals surface area contributed by atoms with Crippen molar-refractivity contribution in [1.29, 1.82) is 0 Å². The second-order valence-electron chi connectivity index (χ2n) is 9.74. The summed E-state index contributed by atoms with van der Waals surface area (Å²) in [4.78, 5) is 42.0. The molecule has 0 atom stereocenters. The molecule has 1 N–H and O–H groups in total. The zero-order chi connectivity index (χ0) is 29.8. The van der Waals surface area contributed by atoms with Crippen LogP contribution < -0.4 is 5.32 Å². The molecule has 1 aliphatic rings. The predicted octanol–water partition coefficient (Wildman–Crippen LogP) is 4.31. The third-order valence-electron chi connectivity index (χ3n) is 7.05. The molecular formula is C31H26N6O5S. The van der Waals surface area contributed by atoms with E-state index in [0.717, 1.165) is 5.56 Å². The number of nitrogens with one attached hydrogen (secondary N) is 1. The number of amides is 2. The lowest BCUT2D eigenvalue weighted by Gasteiger charge is -2.34. The fourth-order valence-corrected chi connectivity index (χ4v) is 5.96. The van der Waals surface area contributed by atoms with E-state index in [1.54, 1.807) is 82.7 Å². The number of piperazine rings is 1. The summed E-state index contributed by atoms with van der Waals surface area (Å²) in [5.74, 6) is 0.360. The van der Waals surface area contributed by atoms with Crippen LogP contribution in [0.1, 0.15) is 20.9 Å². The van der Waals surface area contributed by atoms with Crippen LogP contribution in [-0.4, -0.2) is 71.2 Å². The second-order valence-corrected chi connectivity index (χ2v) is 11.7. The van der Waals surface area contributed by atoms with Crippen LogP contribution in [0, 0.1) is 0 Å². The molecule has 11 nitrogen and oxygen atoms in total. The number of rotatable bonds is 7. The van der Waals surface area contributed by atoms with E-state index in [4.69, 9.17) is 4.42 Å². The molecule has 0 radical (unpaired) electrons. The molecule has 2 amide bonds. The Balaban J connectivity index is 1.08. The number of aromatic nitrogens is 3. The maximum Gasteiger partial charge on any atom is 0.289 e. The summed E-state index contributed by atoms with van der Waals surface area (Å²) < 4.78 is 30.9. The van der Waals surface area contributed by atoms with Crippen molar-refractivity contribution < 1.29 is 22.4 Å². The largest absolute Gasteiger partial charge is 0.459 e. The number of pyridine rings is 1. The number of hydrogen-bond acceptors (Lipinski definition) is 9. The average Bonchev–Trinajstić information content (AvgIpc) is 3.61. The molecule has 216 valence electrons. The van der Waals surface area contributed by atoms with Gasteiger partial charge < -0.3 is 19.5 Å². The van der Waals surface area contributed by atoms with E-state index in [2.05, 4.69) is 20.3 Å². The summed E-state index contributed by atoms with van der Waals surface area (Å²) in [5, 5.41) is 3.15. The SMILES string of the molecule is O=C(c1ccc(Nc2nccc(-c3ccc(S(=O)(=O)c4ccncc4)cc3)n2)cc1)N1CCN(C(=O)c2ccco2)CC1. The smallest absolute Gasteiger partial charge is 0.289 e. The van der Waals surface area contributed by atoms with E-state index in [-0.39, 0.29) is 21.6 Å². The zero-order valence-corrected chi connectivity index (χ0v) is 23.6. The molecule has 0 aliphatic carbocycles. The third-order valence-corrected chi connectivity index (χ3v) is 8.84. The summed E-state index contributed by atoms with van der Waals surface area (Å²) >= 11 is 0. The van der Waals surface area contributed by atoms with Crippen LogP contribution in [0.25, 0.3) is 11.3 Å². The first-order valence-electron chi connectivity index (χ1n) is 13.5. The van der Waals surface area contributed by atoms with Gasteiger partial charge in [-0.15, -0.1) is 0 Å². The highest BCUT2D eigenvalue weighted by Crippen LogP contribution is 2.25. The molecule has 0 bridgehead atoms. The third kappa shape index (κ3) is 5.99. The molecule has 12 heteroatoms. The van der Waals surface area contributed by atoms with Gasteiger partial charge in [0.2, 0.25) is 15.8 Å². The molecule has 43 heavy (non-hydrogen) atoms. The summed E-state index contributed by atoms with van der Waals surface area (Å²) in [5.41, 5.74) is 2.57. The van der Waals surface area contributed by atoms with Gasteiger partial charge in [0, 0.05) is 61.6 Å². The van der Waals surface area contributed by atoms with Crippen molar-refractivity contribution in [3.8, 4) is 11.3 Å². The second kappa shape index (κ2) is 11.9. The number of sulfone groups is 1. The minimum atomic E-state index is -3.65. The van der Waals surface area contributed by atoms with Crippen molar-refractivity contribution in [1.82, 2.24) is 24.8 Å². The van der Waals surface area contributed by atoms with Gasteiger partial charge in [0.15, 0.2) is 5.76 Å². The molecule has 5 aromatic rings. The maximum absolute atomic E-state index is 13.1. The minimum absolute atomic E-state index is 0.107. The average molecular weight is 595 g/mol. The van der Waals surface area contributed by atoms with Crippen LogP contribution in [0.3, 0.4) is 0 Å². The fraction of sp³-hybridized carbons (Fsp3) is 0.129. The van der Waals surface area contributed by atoms with Crippen LogP contribution in [0.2, 0.25) is 0 Å². The molecule has 0 saturated carbocycles. The molecule has 0 spiro atoms. The maximum atomic E-state index is 13.1. The van der Waals surface area contributed by atoms with Gasteiger partial charge in [-0.05, 0) is 66.7 Å². The van der Waals surface area contributed by atoms with Gasteiger partial charge >= 0.3 is 0 Å². The highest BCUT2D eigenvalue weighted by molar-refractivity contribution is 7.91. The summed E-state index contributed by atoms with van der Waals surface area (Å²) in [6, 6.07) is 21.5. The molecule has 0 unspecified atom stereocenters. The van der Waals surface area contributed by atoms with Gasteiger partial charge in [0.25, 0.3) is 11.8 Å². The lowest BCUT2D eigenvalue weighted by atomic mass is 10.1. The standard InChI is InChI=1S/C31H26N6O5S/c38-29(36-17-19-37(20-18-36)30(39)28-2-1-21-42-28)23-3-7-24(8-4-23)34-31-33-16-13-27(35-31)22-5-9-25(10-6-22)43(40,41)26-11-14-32-15-12-26/h1-16,21H,17-20H2,(H,33,34,35). The van der Waals surface area contributed by atoms with E-state index < -0.39 is 9.84 Å². The quantitative estimate of drug-likeness (QED) is 0.292. The highest BCUT2D eigenvalue weighted by Gasteiger charge is 2.26. The van der Waals surface area contributed by atoms with Crippen LogP contribution in [0.5, 0.6) is 0 Å². The first-order valence-corrected chi connectivity index (χ1v) is 14.9. The predicted molar refractivity (Wildman–Crippen MR) is 157 cm³/mol.